The standard InChI is InChI=1S/C15H14ClFN4O2/c1-7-5-11(22)18-14-12(7)13(20-21(14)2)19-15(23)9-4-3-8(17)6-10(9)16/h3-4,6-7H,5H2,1-2H3,(H,18,22)(H,19,20,23)/t7-/m0/s1. The van der Waals surface area contributed by atoms with Gasteiger partial charge < -0.3 is 10.6 Å². The van der Waals surface area contributed by atoms with E-state index in [1.54, 1.807) is 7.05 Å². The number of nitrogens with one attached hydrogen (secondary N) is 2. The summed E-state index contributed by atoms with van der Waals surface area (Å²) in [7, 11) is 1.68. The van der Waals surface area contributed by atoms with Crippen molar-refractivity contribution in [1.82, 2.24) is 9.78 Å². The number of hydrogen-bond acceptors (Lipinski definition) is 3. The summed E-state index contributed by atoms with van der Waals surface area (Å²) in [6.07, 6.45) is 0.318. The lowest BCUT2D eigenvalue weighted by molar-refractivity contribution is -0.116. The fourth-order valence-corrected chi connectivity index (χ4v) is 2.91. The lowest BCUT2D eigenvalue weighted by atomic mass is 9.95. The zero-order valence-corrected chi connectivity index (χ0v) is 13.2. The molecule has 2 N–H and O–H groups in total. The second kappa shape index (κ2) is 5.66. The normalized spacial score (nSPS) is 16.7. The van der Waals surface area contributed by atoms with E-state index in [1.807, 2.05) is 6.92 Å². The molecule has 1 aliphatic heterocycles. The van der Waals surface area contributed by atoms with Crippen LogP contribution in [0.1, 0.15) is 35.2 Å². The lowest BCUT2D eigenvalue weighted by Gasteiger charge is -2.20. The van der Waals surface area contributed by atoms with Crippen molar-refractivity contribution in [1.29, 1.82) is 0 Å². The first-order valence-electron chi connectivity index (χ1n) is 7.00. The van der Waals surface area contributed by atoms with E-state index in [1.165, 1.54) is 10.7 Å². The molecule has 1 aromatic carbocycles. The average molecular weight is 337 g/mol. The summed E-state index contributed by atoms with van der Waals surface area (Å²) in [5.74, 6) is -0.244. The molecule has 3 rings (SSSR count). The Morgan fingerprint density at radius 2 is 2.26 bits per heavy atom. The second-order valence-corrected chi connectivity index (χ2v) is 5.87. The summed E-state index contributed by atoms with van der Waals surface area (Å²) in [4.78, 5) is 24.0. The molecule has 1 atom stereocenters. The van der Waals surface area contributed by atoms with Crippen LogP contribution < -0.4 is 10.6 Å². The Kier molecular flexibility index (Phi) is 3.81. The van der Waals surface area contributed by atoms with E-state index in [0.717, 1.165) is 17.7 Å². The third-order valence-electron chi connectivity index (χ3n) is 3.73. The number of fused-ring (bicyclic) bond motifs is 1. The summed E-state index contributed by atoms with van der Waals surface area (Å²) in [6, 6.07) is 3.55. The summed E-state index contributed by atoms with van der Waals surface area (Å²) >= 11 is 5.90. The van der Waals surface area contributed by atoms with Crippen molar-refractivity contribution in [3.8, 4) is 0 Å². The molecule has 0 bridgehead atoms. The second-order valence-electron chi connectivity index (χ2n) is 5.47. The summed E-state index contributed by atoms with van der Waals surface area (Å²) in [6.45, 7) is 1.89. The van der Waals surface area contributed by atoms with Crippen molar-refractivity contribution in [2.24, 2.45) is 7.05 Å². The van der Waals surface area contributed by atoms with Gasteiger partial charge in [0.1, 0.15) is 11.6 Å². The van der Waals surface area contributed by atoms with Gasteiger partial charge in [-0.3, -0.25) is 14.3 Å². The van der Waals surface area contributed by atoms with Crippen LogP contribution in [0.15, 0.2) is 18.2 Å². The van der Waals surface area contributed by atoms with E-state index in [9.17, 15) is 14.0 Å². The molecule has 0 unspecified atom stereocenters. The number of rotatable bonds is 2. The number of anilines is 2. The Labute approximate surface area is 136 Å². The molecule has 2 amide bonds. The minimum atomic E-state index is -0.516. The van der Waals surface area contributed by atoms with E-state index in [-0.39, 0.29) is 22.4 Å². The van der Waals surface area contributed by atoms with E-state index in [2.05, 4.69) is 15.7 Å². The third-order valence-corrected chi connectivity index (χ3v) is 4.05. The van der Waals surface area contributed by atoms with Gasteiger partial charge in [-0.2, -0.15) is 5.10 Å². The zero-order valence-electron chi connectivity index (χ0n) is 12.5. The van der Waals surface area contributed by atoms with Crippen molar-refractivity contribution >= 4 is 35.1 Å². The molecular formula is C15H14ClFN4O2. The van der Waals surface area contributed by atoms with Gasteiger partial charge in [0, 0.05) is 19.0 Å². The molecule has 1 aliphatic rings. The fraction of sp³-hybridized carbons (Fsp3) is 0.267. The van der Waals surface area contributed by atoms with Gasteiger partial charge in [0.25, 0.3) is 5.91 Å². The van der Waals surface area contributed by atoms with Crippen LogP contribution in [0.2, 0.25) is 5.02 Å². The first-order valence-corrected chi connectivity index (χ1v) is 7.37. The number of carbonyl (C=O) groups excluding carboxylic acids is 2. The van der Waals surface area contributed by atoms with Crippen LogP contribution >= 0.6 is 11.6 Å². The van der Waals surface area contributed by atoms with E-state index in [0.29, 0.717) is 18.1 Å². The van der Waals surface area contributed by atoms with Gasteiger partial charge in [-0.05, 0) is 24.1 Å². The third kappa shape index (κ3) is 2.79. The Bertz CT molecular complexity index is 818. The Morgan fingerprint density at radius 1 is 1.52 bits per heavy atom. The Morgan fingerprint density at radius 3 is 2.96 bits per heavy atom. The molecule has 1 aromatic heterocycles. The van der Waals surface area contributed by atoms with E-state index >= 15 is 0 Å². The smallest absolute Gasteiger partial charge is 0.258 e. The van der Waals surface area contributed by atoms with Gasteiger partial charge in [-0.25, -0.2) is 4.39 Å². The predicted molar refractivity (Wildman–Crippen MR) is 84.2 cm³/mol. The molecule has 6 nitrogen and oxygen atoms in total. The van der Waals surface area contributed by atoms with Crippen molar-refractivity contribution in [3.63, 3.8) is 0 Å². The molecule has 0 aliphatic carbocycles. The number of amides is 2. The molecular weight excluding hydrogens is 323 g/mol. The SMILES string of the molecule is C[C@H]1CC(=O)Nc2c1c(NC(=O)c1ccc(F)cc1Cl)nn2C. The number of carbonyl (C=O) groups is 2. The molecule has 120 valence electrons. The van der Waals surface area contributed by atoms with Crippen LogP contribution in [-0.2, 0) is 11.8 Å². The number of halogens is 2. The topological polar surface area (TPSA) is 76.0 Å². The minimum absolute atomic E-state index is 0.0219. The van der Waals surface area contributed by atoms with E-state index < -0.39 is 11.7 Å². The molecule has 23 heavy (non-hydrogen) atoms. The Hall–Kier alpha value is -2.41. The average Bonchev–Trinajstić information content (AvgIpc) is 2.75. The van der Waals surface area contributed by atoms with Crippen molar-refractivity contribution in [2.75, 3.05) is 10.6 Å². The maximum absolute atomic E-state index is 13.1. The number of aryl methyl sites for hydroxylation is 1. The number of nitrogens with zero attached hydrogens (tertiary/aromatic N) is 2. The number of aromatic nitrogens is 2. The van der Waals surface area contributed by atoms with Crippen molar-refractivity contribution in [2.45, 2.75) is 19.3 Å². The monoisotopic (exact) mass is 336 g/mol. The van der Waals surface area contributed by atoms with Crippen LogP contribution in [0.3, 0.4) is 0 Å². The highest BCUT2D eigenvalue weighted by atomic mass is 35.5. The molecule has 0 spiro atoms. The van der Waals surface area contributed by atoms with Gasteiger partial charge in [-0.1, -0.05) is 18.5 Å². The molecule has 0 fully saturated rings. The molecule has 2 aromatic rings. The fourth-order valence-electron chi connectivity index (χ4n) is 2.66. The minimum Gasteiger partial charge on any atom is -0.311 e. The highest BCUT2D eigenvalue weighted by Crippen LogP contribution is 2.37. The van der Waals surface area contributed by atoms with Gasteiger partial charge in [0.05, 0.1) is 10.6 Å². The first kappa shape index (κ1) is 15.5. The highest BCUT2D eigenvalue weighted by molar-refractivity contribution is 6.34. The summed E-state index contributed by atoms with van der Waals surface area (Å²) < 4.78 is 14.6. The Balaban J connectivity index is 1.93. The van der Waals surface area contributed by atoms with Gasteiger partial charge in [0.15, 0.2) is 5.82 Å². The zero-order chi connectivity index (χ0) is 16.7. The van der Waals surface area contributed by atoms with E-state index in [4.69, 9.17) is 11.6 Å². The van der Waals surface area contributed by atoms with Crippen LogP contribution in [0.5, 0.6) is 0 Å². The van der Waals surface area contributed by atoms with Crippen molar-refractivity contribution < 1.29 is 14.0 Å². The summed E-state index contributed by atoms with van der Waals surface area (Å²) in [5.41, 5.74) is 0.915. The van der Waals surface area contributed by atoms with Gasteiger partial charge >= 0.3 is 0 Å². The molecule has 0 radical (unpaired) electrons. The quantitative estimate of drug-likeness (QED) is 0.885. The largest absolute Gasteiger partial charge is 0.311 e. The van der Waals surface area contributed by atoms with Crippen LogP contribution in [-0.4, -0.2) is 21.6 Å². The van der Waals surface area contributed by atoms with Gasteiger partial charge in [-0.15, -0.1) is 0 Å². The first-order chi connectivity index (χ1) is 10.9. The molecule has 0 saturated carbocycles. The molecule has 8 heteroatoms. The van der Waals surface area contributed by atoms with Crippen LogP contribution in [0.4, 0.5) is 16.0 Å². The number of hydrogen-bond donors (Lipinski definition) is 2. The summed E-state index contributed by atoms with van der Waals surface area (Å²) in [5, 5.41) is 9.69. The lowest BCUT2D eigenvalue weighted by Crippen LogP contribution is -2.23. The van der Waals surface area contributed by atoms with Crippen LogP contribution in [0, 0.1) is 5.82 Å². The molecule has 2 heterocycles. The predicted octanol–water partition coefficient (Wildman–Crippen LogP) is 2.91. The maximum atomic E-state index is 13.1. The van der Waals surface area contributed by atoms with Crippen molar-refractivity contribution in [3.05, 3.63) is 40.2 Å². The maximum Gasteiger partial charge on any atom is 0.258 e. The van der Waals surface area contributed by atoms with Crippen LogP contribution in [0.25, 0.3) is 0 Å². The number of benzene rings is 1. The molecule has 0 saturated heterocycles. The highest BCUT2D eigenvalue weighted by Gasteiger charge is 2.30. The van der Waals surface area contributed by atoms with Gasteiger partial charge in [0.2, 0.25) is 5.91 Å².